The fourth-order valence-electron chi connectivity index (χ4n) is 5.87. The van der Waals surface area contributed by atoms with Gasteiger partial charge in [0.15, 0.2) is 0 Å². The van der Waals surface area contributed by atoms with Crippen LogP contribution in [0.2, 0.25) is 5.02 Å². The van der Waals surface area contributed by atoms with Gasteiger partial charge in [0.05, 0.1) is 0 Å². The highest BCUT2D eigenvalue weighted by atomic mass is 35.5. The van der Waals surface area contributed by atoms with Crippen LogP contribution in [0.15, 0.2) is 40.8 Å². The molecule has 0 aliphatic heterocycles. The molecule has 4 saturated carbocycles. The summed E-state index contributed by atoms with van der Waals surface area (Å²) in [7, 11) is 0. The second-order valence-corrected chi connectivity index (χ2v) is 9.37. The molecule has 1 amide bonds. The van der Waals surface area contributed by atoms with E-state index in [0.717, 1.165) is 33.7 Å². The van der Waals surface area contributed by atoms with Gasteiger partial charge in [-0.3, -0.25) is 4.79 Å². The molecule has 1 N–H and O–H groups in total. The summed E-state index contributed by atoms with van der Waals surface area (Å²) < 4.78 is 5.87. The number of furan rings is 1. The van der Waals surface area contributed by atoms with Crippen LogP contribution in [0.1, 0.15) is 43.4 Å². The minimum Gasteiger partial charge on any atom is -0.457 e. The predicted octanol–water partition coefficient (Wildman–Crippen LogP) is 5.86. The normalized spacial score (nSPS) is 30.9. The number of rotatable bonds is 4. The van der Waals surface area contributed by atoms with Gasteiger partial charge in [-0.15, -0.1) is 0 Å². The first-order valence-electron chi connectivity index (χ1n) is 10.4. The van der Waals surface area contributed by atoms with Gasteiger partial charge in [-0.05, 0) is 92.5 Å². The van der Waals surface area contributed by atoms with Crippen molar-refractivity contribution in [3.63, 3.8) is 0 Å². The van der Waals surface area contributed by atoms with Crippen molar-refractivity contribution < 1.29 is 9.21 Å². The Balaban J connectivity index is 1.23. The molecule has 0 saturated heterocycles. The third-order valence-electron chi connectivity index (χ3n) is 7.02. The average molecular weight is 396 g/mol. The maximum atomic E-state index is 12.5. The zero-order valence-corrected chi connectivity index (χ0v) is 16.9. The van der Waals surface area contributed by atoms with E-state index < -0.39 is 0 Å². The smallest absolute Gasteiger partial charge is 0.244 e. The van der Waals surface area contributed by atoms with Gasteiger partial charge in [-0.1, -0.05) is 23.7 Å². The Morgan fingerprint density at radius 3 is 2.46 bits per heavy atom. The van der Waals surface area contributed by atoms with Crippen molar-refractivity contribution >= 4 is 23.6 Å². The predicted molar refractivity (Wildman–Crippen MR) is 112 cm³/mol. The highest BCUT2D eigenvalue weighted by molar-refractivity contribution is 6.31. The van der Waals surface area contributed by atoms with Crippen molar-refractivity contribution in [2.24, 2.45) is 23.7 Å². The quantitative estimate of drug-likeness (QED) is 0.658. The molecule has 0 atom stereocenters. The monoisotopic (exact) mass is 395 g/mol. The van der Waals surface area contributed by atoms with Crippen LogP contribution < -0.4 is 5.32 Å². The molecule has 146 valence electrons. The van der Waals surface area contributed by atoms with Gasteiger partial charge in [0.1, 0.15) is 11.5 Å². The van der Waals surface area contributed by atoms with Crippen molar-refractivity contribution in [1.82, 2.24) is 5.32 Å². The highest BCUT2D eigenvalue weighted by Gasteiger charge is 2.48. The van der Waals surface area contributed by atoms with Gasteiger partial charge < -0.3 is 9.73 Å². The van der Waals surface area contributed by atoms with E-state index in [9.17, 15) is 4.79 Å². The minimum absolute atomic E-state index is 0.00574. The highest BCUT2D eigenvalue weighted by Crippen LogP contribution is 2.53. The van der Waals surface area contributed by atoms with Crippen LogP contribution >= 0.6 is 11.6 Å². The number of benzene rings is 1. The molecule has 1 heterocycles. The van der Waals surface area contributed by atoms with Gasteiger partial charge in [0.2, 0.25) is 5.91 Å². The van der Waals surface area contributed by atoms with E-state index in [-0.39, 0.29) is 5.91 Å². The summed E-state index contributed by atoms with van der Waals surface area (Å²) in [6.07, 6.45) is 10.0. The van der Waals surface area contributed by atoms with Crippen LogP contribution in [-0.2, 0) is 4.79 Å². The second kappa shape index (κ2) is 7.11. The molecule has 6 rings (SSSR count). The number of amides is 1. The third-order valence-corrected chi connectivity index (χ3v) is 7.42. The SMILES string of the molecule is Cc1ccc(-c2ccc(/C=C/C(=O)NC3C4CC5CC(C4)CC3C5)o2)cc1Cl. The third kappa shape index (κ3) is 3.41. The summed E-state index contributed by atoms with van der Waals surface area (Å²) in [5.74, 6) is 4.64. The lowest BCUT2D eigenvalue weighted by molar-refractivity contribution is -0.120. The maximum Gasteiger partial charge on any atom is 0.244 e. The Morgan fingerprint density at radius 2 is 1.79 bits per heavy atom. The van der Waals surface area contributed by atoms with Crippen molar-refractivity contribution in [2.75, 3.05) is 0 Å². The molecular formula is C24H26ClNO2. The first-order valence-corrected chi connectivity index (χ1v) is 10.8. The lowest BCUT2D eigenvalue weighted by atomic mass is 9.54. The number of hydrogen-bond donors (Lipinski definition) is 1. The molecule has 4 fully saturated rings. The molecule has 4 aliphatic carbocycles. The summed E-state index contributed by atoms with van der Waals surface area (Å²) in [5.41, 5.74) is 1.98. The fraction of sp³-hybridized carbons (Fsp3) is 0.458. The van der Waals surface area contributed by atoms with Crippen molar-refractivity contribution in [3.8, 4) is 11.3 Å². The van der Waals surface area contributed by atoms with E-state index in [1.807, 2.05) is 37.3 Å². The zero-order valence-electron chi connectivity index (χ0n) is 16.2. The van der Waals surface area contributed by atoms with Gasteiger partial charge >= 0.3 is 0 Å². The summed E-state index contributed by atoms with van der Waals surface area (Å²) >= 11 is 6.21. The molecule has 28 heavy (non-hydrogen) atoms. The Bertz CT molecular complexity index is 900. The van der Waals surface area contributed by atoms with Gasteiger partial charge in [0, 0.05) is 22.7 Å². The van der Waals surface area contributed by atoms with Crippen LogP contribution in [0.3, 0.4) is 0 Å². The molecule has 0 spiro atoms. The average Bonchev–Trinajstić information content (AvgIpc) is 3.14. The molecule has 1 aromatic heterocycles. The van der Waals surface area contributed by atoms with Crippen molar-refractivity contribution in [2.45, 2.75) is 45.1 Å². The molecule has 1 aromatic carbocycles. The standard InChI is InChI=1S/C24H26ClNO2/c1-14-2-3-17(13-21(14)25)22-6-4-20(28-22)5-7-23(27)26-24-18-9-15-8-16(11-18)12-19(24)10-15/h2-7,13,15-16,18-19,24H,8-12H2,1H3,(H,26,27)/b7-5+. The number of halogens is 1. The van der Waals surface area contributed by atoms with Crippen molar-refractivity contribution in [1.29, 1.82) is 0 Å². The minimum atomic E-state index is -0.00574. The number of carbonyl (C=O) groups is 1. The molecule has 3 nitrogen and oxygen atoms in total. The van der Waals surface area contributed by atoms with E-state index in [2.05, 4.69) is 5.32 Å². The number of hydrogen-bond acceptors (Lipinski definition) is 2. The summed E-state index contributed by atoms with van der Waals surface area (Å²) in [6, 6.07) is 10.0. The van der Waals surface area contributed by atoms with Crippen LogP contribution in [-0.4, -0.2) is 11.9 Å². The molecule has 2 aromatic rings. The van der Waals surface area contributed by atoms with Crippen LogP contribution in [0.5, 0.6) is 0 Å². The number of aryl methyl sites for hydroxylation is 1. The van der Waals surface area contributed by atoms with E-state index in [0.29, 0.717) is 23.6 Å². The van der Waals surface area contributed by atoms with E-state index in [1.165, 1.54) is 32.1 Å². The molecule has 0 unspecified atom stereocenters. The van der Waals surface area contributed by atoms with Gasteiger partial charge in [-0.25, -0.2) is 0 Å². The van der Waals surface area contributed by atoms with E-state index >= 15 is 0 Å². The molecule has 4 bridgehead atoms. The number of carbonyl (C=O) groups excluding carboxylic acids is 1. The van der Waals surface area contributed by atoms with Crippen molar-refractivity contribution in [3.05, 3.63) is 52.8 Å². The largest absolute Gasteiger partial charge is 0.457 e. The lowest BCUT2D eigenvalue weighted by Crippen LogP contribution is -2.55. The van der Waals surface area contributed by atoms with Crippen LogP contribution in [0.25, 0.3) is 17.4 Å². The molecule has 4 aliphatic rings. The summed E-state index contributed by atoms with van der Waals surface area (Å²) in [5, 5.41) is 4.02. The Hall–Kier alpha value is -2.00. The molecule has 0 radical (unpaired) electrons. The van der Waals surface area contributed by atoms with Gasteiger partial charge in [0.25, 0.3) is 0 Å². The van der Waals surface area contributed by atoms with Gasteiger partial charge in [-0.2, -0.15) is 0 Å². The number of nitrogens with one attached hydrogen (secondary N) is 1. The summed E-state index contributed by atoms with van der Waals surface area (Å²) in [4.78, 5) is 12.5. The molecule has 4 heteroatoms. The first kappa shape index (κ1) is 18.1. The fourth-order valence-corrected chi connectivity index (χ4v) is 6.06. The molecular weight excluding hydrogens is 370 g/mol. The Kier molecular flexibility index (Phi) is 4.59. The van der Waals surface area contributed by atoms with Crippen LogP contribution in [0.4, 0.5) is 0 Å². The topological polar surface area (TPSA) is 42.2 Å². The van der Waals surface area contributed by atoms with E-state index in [4.69, 9.17) is 16.0 Å². The van der Waals surface area contributed by atoms with Crippen LogP contribution in [0, 0.1) is 30.6 Å². The second-order valence-electron chi connectivity index (χ2n) is 8.96. The Labute approximate surface area is 171 Å². The lowest BCUT2D eigenvalue weighted by Gasteiger charge is -2.54. The zero-order chi connectivity index (χ0) is 19.3. The summed E-state index contributed by atoms with van der Waals surface area (Å²) in [6.45, 7) is 1.98. The first-order chi connectivity index (χ1) is 13.5. The van der Waals surface area contributed by atoms with E-state index in [1.54, 1.807) is 12.2 Å². The maximum absolute atomic E-state index is 12.5. The Morgan fingerprint density at radius 1 is 1.07 bits per heavy atom.